The van der Waals surface area contributed by atoms with Crippen molar-refractivity contribution in [2.45, 2.75) is 0 Å². The number of thiocarbonyl (C=S) groups is 1. The summed E-state index contributed by atoms with van der Waals surface area (Å²) in [6.07, 6.45) is 1.43. The molecule has 0 aliphatic carbocycles. The molecular weight excluding hydrogens is 406 g/mol. The maximum Gasteiger partial charge on any atom is 0.291 e. The van der Waals surface area contributed by atoms with Crippen LogP contribution in [0, 0.1) is 0 Å². The number of ether oxygens (including phenoxy) is 3. The maximum atomic E-state index is 12.3. The molecule has 3 N–H and O–H groups in total. The molecule has 156 valence electrons. The molecule has 0 saturated heterocycles. The zero-order chi connectivity index (χ0) is 21.5. The van der Waals surface area contributed by atoms with Crippen molar-refractivity contribution in [3.8, 4) is 17.2 Å². The largest absolute Gasteiger partial charge is 0.497 e. The number of methoxy groups -OCH3 is 3. The van der Waals surface area contributed by atoms with Gasteiger partial charge in [-0.2, -0.15) is 0 Å². The van der Waals surface area contributed by atoms with E-state index in [4.69, 9.17) is 30.8 Å². The van der Waals surface area contributed by atoms with E-state index in [1.165, 1.54) is 20.5 Å². The Kier molecular flexibility index (Phi) is 6.76. The van der Waals surface area contributed by atoms with Crippen molar-refractivity contribution in [3.63, 3.8) is 0 Å². The van der Waals surface area contributed by atoms with Gasteiger partial charge in [0, 0.05) is 17.8 Å². The number of hydrogen-bond acceptors (Lipinski definition) is 6. The molecular formula is C21H21N3O5S. The molecule has 1 heterocycles. The Hall–Kier alpha value is -3.72. The highest BCUT2D eigenvalue weighted by Crippen LogP contribution is 2.36. The smallest absolute Gasteiger partial charge is 0.291 e. The first kappa shape index (κ1) is 21.0. The second-order valence-electron chi connectivity index (χ2n) is 5.99. The van der Waals surface area contributed by atoms with E-state index < -0.39 is 5.91 Å². The van der Waals surface area contributed by atoms with Crippen molar-refractivity contribution < 1.29 is 23.4 Å². The van der Waals surface area contributed by atoms with Gasteiger partial charge in [-0.3, -0.25) is 4.79 Å². The van der Waals surface area contributed by atoms with Gasteiger partial charge in [0.2, 0.25) is 0 Å². The maximum absolute atomic E-state index is 12.3. The number of hydrogen-bond donors (Lipinski definition) is 3. The summed E-state index contributed by atoms with van der Waals surface area (Å²) in [6.45, 7) is 0. The first-order chi connectivity index (χ1) is 14.5. The number of carbonyl (C=O) groups excluding carboxylic acids is 1. The Morgan fingerprint density at radius 2 is 1.50 bits per heavy atom. The molecule has 3 aromatic rings. The van der Waals surface area contributed by atoms with Crippen LogP contribution in [0.1, 0.15) is 10.6 Å². The van der Waals surface area contributed by atoms with Gasteiger partial charge in [-0.1, -0.05) is 0 Å². The molecule has 0 atom stereocenters. The number of rotatable bonds is 7. The highest BCUT2D eigenvalue weighted by molar-refractivity contribution is 7.80. The second-order valence-corrected chi connectivity index (χ2v) is 6.40. The molecule has 0 spiro atoms. The number of carbonyl (C=O) groups is 1. The van der Waals surface area contributed by atoms with E-state index >= 15 is 0 Å². The van der Waals surface area contributed by atoms with Crippen molar-refractivity contribution in [1.29, 1.82) is 0 Å². The molecule has 1 aromatic heterocycles. The topological polar surface area (TPSA) is 94.0 Å². The van der Waals surface area contributed by atoms with Crippen molar-refractivity contribution in [1.82, 2.24) is 0 Å². The number of nitrogens with one attached hydrogen (secondary N) is 3. The van der Waals surface area contributed by atoms with Crippen LogP contribution in [0.25, 0.3) is 0 Å². The molecule has 3 rings (SSSR count). The molecule has 2 aromatic carbocycles. The van der Waals surface area contributed by atoms with Gasteiger partial charge >= 0.3 is 0 Å². The van der Waals surface area contributed by atoms with Crippen LogP contribution in [-0.4, -0.2) is 32.3 Å². The molecule has 0 radical (unpaired) electrons. The fraction of sp³-hybridized carbons (Fsp3) is 0.143. The molecule has 0 saturated carbocycles. The fourth-order valence-electron chi connectivity index (χ4n) is 2.64. The number of anilines is 3. The zero-order valence-corrected chi connectivity index (χ0v) is 17.5. The van der Waals surface area contributed by atoms with E-state index in [-0.39, 0.29) is 5.76 Å². The third-order valence-corrected chi connectivity index (χ3v) is 4.31. The van der Waals surface area contributed by atoms with Gasteiger partial charge in [0.25, 0.3) is 5.91 Å². The second kappa shape index (κ2) is 9.66. The first-order valence-corrected chi connectivity index (χ1v) is 9.27. The van der Waals surface area contributed by atoms with Crippen LogP contribution in [0.4, 0.5) is 17.1 Å². The summed E-state index contributed by atoms with van der Waals surface area (Å²) >= 11 is 5.39. The van der Waals surface area contributed by atoms with Gasteiger partial charge in [0.05, 0.1) is 39.0 Å². The Labute approximate surface area is 179 Å². The van der Waals surface area contributed by atoms with Gasteiger partial charge in [0.15, 0.2) is 10.9 Å². The summed E-state index contributed by atoms with van der Waals surface area (Å²) in [6, 6.07) is 13.9. The Morgan fingerprint density at radius 1 is 0.867 bits per heavy atom. The highest BCUT2D eigenvalue weighted by Gasteiger charge is 2.16. The number of benzene rings is 2. The minimum Gasteiger partial charge on any atom is -0.497 e. The molecule has 1 amide bonds. The molecule has 0 aliphatic rings. The van der Waals surface area contributed by atoms with Crippen molar-refractivity contribution in [3.05, 3.63) is 60.6 Å². The van der Waals surface area contributed by atoms with E-state index in [1.54, 1.807) is 31.4 Å². The molecule has 0 fully saturated rings. The minimum absolute atomic E-state index is 0.183. The first-order valence-electron chi connectivity index (χ1n) is 8.87. The third kappa shape index (κ3) is 5.00. The van der Waals surface area contributed by atoms with Gasteiger partial charge in [-0.05, 0) is 48.6 Å². The van der Waals surface area contributed by atoms with Crippen molar-refractivity contribution in [2.24, 2.45) is 0 Å². The van der Waals surface area contributed by atoms with Crippen LogP contribution < -0.4 is 30.2 Å². The van der Waals surface area contributed by atoms with Gasteiger partial charge in [-0.15, -0.1) is 0 Å². The van der Waals surface area contributed by atoms with Crippen LogP contribution in [0.3, 0.4) is 0 Å². The summed E-state index contributed by atoms with van der Waals surface area (Å²) < 4.78 is 21.1. The highest BCUT2D eigenvalue weighted by atomic mass is 32.1. The van der Waals surface area contributed by atoms with Gasteiger partial charge in [-0.25, -0.2) is 0 Å². The van der Waals surface area contributed by atoms with E-state index in [2.05, 4.69) is 16.0 Å². The van der Waals surface area contributed by atoms with Gasteiger partial charge < -0.3 is 34.6 Å². The Bertz CT molecular complexity index is 1020. The summed E-state index contributed by atoms with van der Waals surface area (Å²) in [5.41, 5.74) is 1.79. The monoisotopic (exact) mass is 427 g/mol. The molecule has 8 nitrogen and oxygen atoms in total. The predicted molar refractivity (Wildman–Crippen MR) is 119 cm³/mol. The van der Waals surface area contributed by atoms with Gasteiger partial charge in [0.1, 0.15) is 17.2 Å². The van der Waals surface area contributed by atoms with Crippen LogP contribution in [-0.2, 0) is 0 Å². The third-order valence-electron chi connectivity index (χ3n) is 4.11. The van der Waals surface area contributed by atoms with Crippen LogP contribution in [0.5, 0.6) is 17.2 Å². The van der Waals surface area contributed by atoms with E-state index in [9.17, 15) is 4.79 Å². The lowest BCUT2D eigenvalue weighted by atomic mass is 10.2. The lowest BCUT2D eigenvalue weighted by molar-refractivity contribution is 0.0996. The summed E-state index contributed by atoms with van der Waals surface area (Å²) in [7, 11) is 4.63. The van der Waals surface area contributed by atoms with Crippen LogP contribution in [0.2, 0.25) is 0 Å². The average molecular weight is 427 g/mol. The fourth-order valence-corrected chi connectivity index (χ4v) is 2.87. The molecule has 0 aliphatic heterocycles. The van der Waals surface area contributed by atoms with E-state index in [0.29, 0.717) is 28.0 Å². The Balaban J connectivity index is 1.76. The molecule has 0 unspecified atom stereocenters. The quantitative estimate of drug-likeness (QED) is 0.479. The zero-order valence-electron chi connectivity index (χ0n) is 16.6. The summed E-state index contributed by atoms with van der Waals surface area (Å²) in [5, 5.41) is 9.25. The Morgan fingerprint density at radius 3 is 2.03 bits per heavy atom. The van der Waals surface area contributed by atoms with Crippen LogP contribution >= 0.6 is 12.2 Å². The molecule has 9 heteroatoms. The van der Waals surface area contributed by atoms with Crippen molar-refractivity contribution in [2.75, 3.05) is 37.3 Å². The standard InChI is InChI=1S/C21H21N3O5S/c1-26-14-8-6-13(7-9-14)22-21(30)24-16-12-18(27-2)15(11-19(16)28-3)23-20(25)17-5-4-10-29-17/h4-12H,1-3H3,(H,23,25)(H2,22,24,30). The van der Waals surface area contributed by atoms with Crippen LogP contribution in [0.15, 0.2) is 59.2 Å². The lowest BCUT2D eigenvalue weighted by Crippen LogP contribution is -2.20. The van der Waals surface area contributed by atoms with E-state index in [1.807, 2.05) is 24.3 Å². The summed E-state index contributed by atoms with van der Waals surface area (Å²) in [4.78, 5) is 12.3. The lowest BCUT2D eigenvalue weighted by Gasteiger charge is -2.17. The predicted octanol–water partition coefficient (Wildman–Crippen LogP) is 4.37. The number of amides is 1. The van der Waals surface area contributed by atoms with E-state index in [0.717, 1.165) is 11.4 Å². The molecule has 0 bridgehead atoms. The molecule has 30 heavy (non-hydrogen) atoms. The average Bonchev–Trinajstić information content (AvgIpc) is 3.30. The minimum atomic E-state index is -0.405. The van der Waals surface area contributed by atoms with Crippen molar-refractivity contribution >= 4 is 40.3 Å². The number of furan rings is 1. The normalized spacial score (nSPS) is 10.1. The SMILES string of the molecule is COc1ccc(NC(=S)Nc2cc(OC)c(NC(=O)c3ccco3)cc2OC)cc1. The summed E-state index contributed by atoms with van der Waals surface area (Å²) in [5.74, 6) is 1.41.